The quantitative estimate of drug-likeness (QED) is 0.436. The molecule has 0 radical (unpaired) electrons. The Kier molecular flexibility index (Phi) is 3.88. The molecule has 0 saturated carbocycles. The van der Waals surface area contributed by atoms with Gasteiger partial charge in [-0.3, -0.25) is 4.57 Å². The lowest BCUT2D eigenvalue weighted by Crippen LogP contribution is -2.06. The number of nitrogens with zero attached hydrogens (tertiary/aromatic N) is 7. The van der Waals surface area contributed by atoms with Gasteiger partial charge in [0.15, 0.2) is 12.4 Å². The lowest BCUT2D eigenvalue weighted by molar-refractivity contribution is 0.243. The third-order valence-corrected chi connectivity index (χ3v) is 5.03. The van der Waals surface area contributed by atoms with Crippen molar-refractivity contribution < 1.29 is 13.7 Å². The molecular weight excluding hydrogens is 401 g/mol. The Morgan fingerprint density at radius 3 is 2.90 bits per heavy atom. The number of hydrogen-bond donors (Lipinski definition) is 0. The highest BCUT2D eigenvalue weighted by molar-refractivity contribution is 5.70. The summed E-state index contributed by atoms with van der Waals surface area (Å²) in [6.45, 7) is 0.508. The predicted molar refractivity (Wildman–Crippen MR) is 106 cm³/mol. The van der Waals surface area contributed by atoms with Crippen LogP contribution in [0.5, 0.6) is 5.75 Å². The molecule has 0 atom stereocenters. The third kappa shape index (κ3) is 2.96. The highest BCUT2D eigenvalue weighted by Gasteiger charge is 2.26. The number of fused-ring (bicyclic) bond motifs is 5. The van der Waals surface area contributed by atoms with Gasteiger partial charge < -0.3 is 9.26 Å². The average molecular weight is 415 g/mol. The van der Waals surface area contributed by atoms with E-state index in [0.29, 0.717) is 41.1 Å². The number of benzene rings is 2. The van der Waals surface area contributed by atoms with Crippen molar-refractivity contribution in [3.8, 4) is 34.3 Å². The van der Waals surface area contributed by atoms with Crippen molar-refractivity contribution in [2.45, 2.75) is 13.2 Å². The summed E-state index contributed by atoms with van der Waals surface area (Å²) >= 11 is 0. The van der Waals surface area contributed by atoms with Gasteiger partial charge in [0.25, 0.3) is 5.89 Å². The lowest BCUT2D eigenvalue weighted by atomic mass is 10.1. The largest absolute Gasteiger partial charge is 0.484 e. The second-order valence-corrected chi connectivity index (χ2v) is 6.93. The van der Waals surface area contributed by atoms with E-state index < -0.39 is 0 Å². The number of ether oxygens (including phenoxy) is 1. The minimum absolute atomic E-state index is 0.141. The molecule has 0 N–H and O–H groups in total. The summed E-state index contributed by atoms with van der Waals surface area (Å²) in [5, 5.41) is 8.36. The zero-order valence-corrected chi connectivity index (χ0v) is 16.0. The Balaban J connectivity index is 1.37. The van der Waals surface area contributed by atoms with E-state index in [1.54, 1.807) is 17.1 Å². The average Bonchev–Trinajstić information content (AvgIpc) is 3.52. The van der Waals surface area contributed by atoms with Gasteiger partial charge in [-0.05, 0) is 30.3 Å². The fourth-order valence-corrected chi connectivity index (χ4v) is 3.62. The van der Waals surface area contributed by atoms with Gasteiger partial charge in [-0.1, -0.05) is 23.4 Å². The van der Waals surface area contributed by atoms with Crippen LogP contribution in [-0.2, 0) is 13.2 Å². The molecule has 6 rings (SSSR count). The Labute approximate surface area is 174 Å². The van der Waals surface area contributed by atoms with Crippen molar-refractivity contribution in [3.05, 3.63) is 78.6 Å². The zero-order chi connectivity index (χ0) is 20.8. The molecule has 152 valence electrons. The normalized spacial score (nSPS) is 12.0. The van der Waals surface area contributed by atoms with E-state index in [-0.39, 0.29) is 12.4 Å². The van der Waals surface area contributed by atoms with Gasteiger partial charge in [0, 0.05) is 5.56 Å². The molecule has 0 aliphatic carbocycles. The van der Waals surface area contributed by atoms with E-state index in [4.69, 9.17) is 9.26 Å². The first-order chi connectivity index (χ1) is 15.3. The zero-order valence-electron chi connectivity index (χ0n) is 16.0. The van der Waals surface area contributed by atoms with Crippen LogP contribution in [0.2, 0.25) is 0 Å². The minimum Gasteiger partial charge on any atom is -0.484 e. The van der Waals surface area contributed by atoms with Crippen LogP contribution in [0.4, 0.5) is 4.39 Å². The smallest absolute Gasteiger partial charge is 0.264 e. The minimum atomic E-state index is -0.349. The molecule has 31 heavy (non-hydrogen) atoms. The summed E-state index contributed by atoms with van der Waals surface area (Å²) < 4.78 is 28.5. The number of hydrogen-bond acceptors (Lipinski definition) is 7. The highest BCUT2D eigenvalue weighted by Crippen LogP contribution is 2.33. The van der Waals surface area contributed by atoms with Crippen molar-refractivity contribution in [1.29, 1.82) is 0 Å². The van der Waals surface area contributed by atoms with E-state index in [2.05, 4.69) is 25.2 Å². The molecule has 0 saturated heterocycles. The number of rotatable bonds is 4. The first-order valence-corrected chi connectivity index (χ1v) is 9.51. The third-order valence-electron chi connectivity index (χ3n) is 5.03. The monoisotopic (exact) mass is 415 g/mol. The van der Waals surface area contributed by atoms with Crippen LogP contribution in [0.15, 0.2) is 65.7 Å². The van der Waals surface area contributed by atoms with Crippen molar-refractivity contribution in [3.63, 3.8) is 0 Å². The number of halogens is 1. The molecule has 9 nitrogen and oxygen atoms in total. The number of aromatic nitrogens is 7. The Hall–Kier alpha value is -4.34. The molecule has 1 aliphatic rings. The summed E-state index contributed by atoms with van der Waals surface area (Å²) in [5.41, 5.74) is 2.71. The van der Waals surface area contributed by atoms with Crippen LogP contribution in [0.25, 0.3) is 28.6 Å². The summed E-state index contributed by atoms with van der Waals surface area (Å²) in [6.07, 6.45) is 3.10. The van der Waals surface area contributed by atoms with Gasteiger partial charge in [-0.25, -0.2) is 19.0 Å². The Bertz CT molecular complexity index is 1390. The highest BCUT2D eigenvalue weighted by atomic mass is 19.1. The van der Waals surface area contributed by atoms with E-state index in [1.165, 1.54) is 18.5 Å². The van der Waals surface area contributed by atoms with Crippen LogP contribution in [0, 0.1) is 5.82 Å². The maximum atomic E-state index is 13.9. The van der Waals surface area contributed by atoms with Gasteiger partial charge in [0.05, 0.1) is 17.9 Å². The SMILES string of the molecule is Fc1ccc2c(c1)-c1ncnn1Cc1c(-c3noc(COc4ccccc4)n3)ncn1-2. The van der Waals surface area contributed by atoms with Crippen LogP contribution < -0.4 is 4.74 Å². The molecular formula is C21H14FN7O2. The molecule has 2 aromatic carbocycles. The van der Waals surface area contributed by atoms with E-state index in [1.807, 2.05) is 34.9 Å². The first-order valence-electron chi connectivity index (χ1n) is 9.51. The van der Waals surface area contributed by atoms with Gasteiger partial charge in [-0.2, -0.15) is 10.1 Å². The van der Waals surface area contributed by atoms with Crippen molar-refractivity contribution in [2.75, 3.05) is 0 Å². The predicted octanol–water partition coefficient (Wildman–Crippen LogP) is 3.26. The number of imidazole rings is 1. The Morgan fingerprint density at radius 1 is 1.10 bits per heavy atom. The van der Waals surface area contributed by atoms with Crippen molar-refractivity contribution in [1.82, 2.24) is 34.5 Å². The molecule has 4 heterocycles. The van der Waals surface area contributed by atoms with Crippen LogP contribution in [0.1, 0.15) is 11.6 Å². The van der Waals surface area contributed by atoms with Gasteiger partial charge in [-0.15, -0.1) is 0 Å². The fraction of sp³-hybridized carbons (Fsp3) is 0.0952. The van der Waals surface area contributed by atoms with Crippen LogP contribution in [0.3, 0.4) is 0 Å². The van der Waals surface area contributed by atoms with Crippen LogP contribution >= 0.6 is 0 Å². The lowest BCUT2D eigenvalue weighted by Gasteiger charge is -2.08. The van der Waals surface area contributed by atoms with Crippen molar-refractivity contribution in [2.24, 2.45) is 0 Å². The molecule has 0 bridgehead atoms. The molecule has 10 heteroatoms. The molecule has 0 spiro atoms. The van der Waals surface area contributed by atoms with Gasteiger partial charge in [0.2, 0.25) is 5.82 Å². The number of para-hydroxylation sites is 1. The van der Waals surface area contributed by atoms with Crippen molar-refractivity contribution >= 4 is 0 Å². The molecule has 3 aromatic heterocycles. The molecule has 1 aliphatic heterocycles. The van der Waals surface area contributed by atoms with E-state index in [0.717, 1.165) is 11.4 Å². The van der Waals surface area contributed by atoms with E-state index >= 15 is 0 Å². The summed E-state index contributed by atoms with van der Waals surface area (Å²) in [7, 11) is 0. The molecule has 5 aromatic rings. The standard InChI is InChI=1S/C21H14FN7O2/c22-13-6-7-16-15(8-13)21-23-11-25-29(21)9-17-19(24-12-28(16)17)20-26-18(31-27-20)10-30-14-4-2-1-3-5-14/h1-8,11-12H,9-10H2. The Morgan fingerprint density at radius 2 is 2.00 bits per heavy atom. The maximum Gasteiger partial charge on any atom is 0.264 e. The van der Waals surface area contributed by atoms with Crippen LogP contribution in [-0.4, -0.2) is 34.5 Å². The second-order valence-electron chi connectivity index (χ2n) is 6.93. The molecule has 0 unspecified atom stereocenters. The topological polar surface area (TPSA) is 96.7 Å². The summed E-state index contributed by atoms with van der Waals surface area (Å²) in [5.74, 6) is 1.61. The first kappa shape index (κ1) is 17.5. The second kappa shape index (κ2) is 6.87. The van der Waals surface area contributed by atoms with E-state index in [9.17, 15) is 4.39 Å². The molecule has 0 fully saturated rings. The van der Waals surface area contributed by atoms with Gasteiger partial charge in [0.1, 0.15) is 29.9 Å². The van der Waals surface area contributed by atoms with Gasteiger partial charge >= 0.3 is 0 Å². The summed E-state index contributed by atoms with van der Waals surface area (Å²) in [6, 6.07) is 13.9. The maximum absolute atomic E-state index is 13.9. The summed E-state index contributed by atoms with van der Waals surface area (Å²) in [4.78, 5) is 13.2. The fourth-order valence-electron chi connectivity index (χ4n) is 3.62. The molecule has 0 amide bonds.